The molecule has 0 saturated carbocycles. The first kappa shape index (κ1) is 14.2. The van der Waals surface area contributed by atoms with Gasteiger partial charge in [-0.2, -0.15) is 0 Å². The predicted molar refractivity (Wildman–Crippen MR) is 87.2 cm³/mol. The highest BCUT2D eigenvalue weighted by molar-refractivity contribution is 7.99. The zero-order valence-electron chi connectivity index (χ0n) is 11.4. The number of benzene rings is 1. The maximum atomic E-state index is 3.06. The lowest BCUT2D eigenvalue weighted by Crippen LogP contribution is -1.75. The molecule has 98 valence electrons. The van der Waals surface area contributed by atoms with E-state index in [1.54, 1.807) is 11.8 Å². The molecule has 1 heteroatoms. The maximum Gasteiger partial charge on any atom is 0.0245 e. The van der Waals surface area contributed by atoms with Crippen molar-refractivity contribution in [2.45, 2.75) is 16.7 Å². The summed E-state index contributed by atoms with van der Waals surface area (Å²) in [7, 11) is 0. The molecule has 0 saturated heterocycles. The highest BCUT2D eigenvalue weighted by Crippen LogP contribution is 2.26. The van der Waals surface area contributed by atoms with Crippen LogP contribution in [-0.2, 0) is 0 Å². The Hall–Kier alpha value is -2.17. The summed E-state index contributed by atoms with van der Waals surface area (Å²) in [4.78, 5) is 2.42. The second-order valence-corrected chi connectivity index (χ2v) is 5.23. The van der Waals surface area contributed by atoms with Crippen LogP contribution in [0.1, 0.15) is 12.5 Å². The normalized spacial score (nSPS) is 9.05. The van der Waals surface area contributed by atoms with E-state index >= 15 is 0 Å². The van der Waals surface area contributed by atoms with E-state index in [-0.39, 0.29) is 0 Å². The van der Waals surface area contributed by atoms with Crippen LogP contribution in [0.4, 0.5) is 0 Å². The van der Waals surface area contributed by atoms with Gasteiger partial charge in [-0.05, 0) is 43.3 Å². The largest absolute Gasteiger partial charge is 0.101 e. The molecule has 0 atom stereocenters. The van der Waals surface area contributed by atoms with Crippen LogP contribution in [-0.4, -0.2) is 0 Å². The van der Waals surface area contributed by atoms with Crippen molar-refractivity contribution in [3.05, 3.63) is 84.4 Å². The van der Waals surface area contributed by atoms with Gasteiger partial charge >= 0.3 is 0 Å². The molecule has 0 amide bonds. The molecule has 0 aliphatic carbocycles. The smallest absolute Gasteiger partial charge is 0.0245 e. The van der Waals surface area contributed by atoms with Gasteiger partial charge < -0.3 is 0 Å². The van der Waals surface area contributed by atoms with Gasteiger partial charge in [0.1, 0.15) is 0 Å². The van der Waals surface area contributed by atoms with Crippen LogP contribution in [0, 0.1) is 11.8 Å². The molecule has 0 bridgehead atoms. The summed E-state index contributed by atoms with van der Waals surface area (Å²) in [5.41, 5.74) is 1.06. The van der Waals surface area contributed by atoms with Crippen LogP contribution >= 0.6 is 11.8 Å². The molecule has 0 fully saturated rings. The molecular formula is C19H16S. The van der Waals surface area contributed by atoms with Crippen molar-refractivity contribution in [2.24, 2.45) is 0 Å². The summed E-state index contributed by atoms with van der Waals surface area (Å²) in [6, 6.07) is 26.8. The van der Waals surface area contributed by atoms with Crippen molar-refractivity contribution in [3.63, 3.8) is 0 Å². The van der Waals surface area contributed by atoms with Crippen molar-refractivity contribution in [2.75, 3.05) is 0 Å². The van der Waals surface area contributed by atoms with Crippen molar-refractivity contribution >= 4 is 11.8 Å². The average molecular weight is 276 g/mol. The molecule has 0 aliphatic heterocycles. The second kappa shape index (κ2) is 8.09. The molecule has 0 unspecified atom stereocenters. The Morgan fingerprint density at radius 3 is 1.70 bits per heavy atom. The molecule has 2 aromatic carbocycles. The molecule has 20 heavy (non-hydrogen) atoms. The van der Waals surface area contributed by atoms with Crippen LogP contribution < -0.4 is 0 Å². The fourth-order valence-corrected chi connectivity index (χ4v) is 2.47. The van der Waals surface area contributed by atoms with E-state index < -0.39 is 0 Å². The minimum Gasteiger partial charge on any atom is -0.101 e. The fourth-order valence-electron chi connectivity index (χ4n) is 1.63. The molecule has 0 nitrogen and oxygen atoms in total. The lowest BCUT2D eigenvalue weighted by Gasteiger charge is -2.00. The summed E-state index contributed by atoms with van der Waals surface area (Å²) in [6.07, 6.45) is 0. The Labute approximate surface area is 125 Å². The Balaban J connectivity index is 2.22. The third-order valence-corrected chi connectivity index (χ3v) is 3.56. The Bertz CT molecular complexity index is 634. The minimum atomic E-state index is 1.06. The molecule has 0 aromatic heterocycles. The van der Waals surface area contributed by atoms with Gasteiger partial charge in [0.25, 0.3) is 0 Å². The number of rotatable bonds is 2. The average Bonchev–Trinajstić information content (AvgIpc) is 2.48. The van der Waals surface area contributed by atoms with Crippen LogP contribution in [0.3, 0.4) is 0 Å². The van der Waals surface area contributed by atoms with Gasteiger partial charge in [-0.15, -0.1) is 5.92 Å². The van der Waals surface area contributed by atoms with Crippen LogP contribution in [0.15, 0.2) is 88.7 Å². The Morgan fingerprint density at radius 1 is 0.650 bits per heavy atom. The maximum absolute atomic E-state index is 3.06. The highest BCUT2D eigenvalue weighted by atomic mass is 32.2. The zero-order chi connectivity index (χ0) is 14.0. The first-order valence-electron chi connectivity index (χ1n) is 6.47. The van der Waals surface area contributed by atoms with Crippen molar-refractivity contribution in [3.8, 4) is 11.8 Å². The van der Waals surface area contributed by atoms with Gasteiger partial charge in [0.05, 0.1) is 0 Å². The molecule has 0 spiro atoms. The molecule has 0 radical (unpaired) electrons. The SMILES string of the molecule is CC#Cc1ccc(Sc2ccccccccc2)cc1. The Kier molecular flexibility index (Phi) is 5.76. The van der Waals surface area contributed by atoms with Crippen LogP contribution in [0.5, 0.6) is 0 Å². The van der Waals surface area contributed by atoms with E-state index in [1.165, 1.54) is 9.79 Å². The van der Waals surface area contributed by atoms with E-state index in [1.807, 2.05) is 37.3 Å². The zero-order valence-corrected chi connectivity index (χ0v) is 12.2. The third-order valence-electron chi connectivity index (χ3n) is 2.55. The molecule has 0 N–H and O–H groups in total. The predicted octanol–water partition coefficient (Wildman–Crippen LogP) is 5.33. The van der Waals surface area contributed by atoms with Crippen LogP contribution in [0.2, 0.25) is 0 Å². The summed E-state index contributed by atoms with van der Waals surface area (Å²) in [5.74, 6) is 5.97. The molecule has 0 heterocycles. The van der Waals surface area contributed by atoms with Gasteiger partial charge in [-0.1, -0.05) is 60.1 Å². The lowest BCUT2D eigenvalue weighted by atomic mass is 10.2. The van der Waals surface area contributed by atoms with Crippen molar-refractivity contribution < 1.29 is 0 Å². The summed E-state index contributed by atoms with van der Waals surface area (Å²) >= 11 is 1.75. The molecule has 0 aliphatic rings. The number of hydrogen-bond acceptors (Lipinski definition) is 1. The van der Waals surface area contributed by atoms with E-state index in [9.17, 15) is 0 Å². The van der Waals surface area contributed by atoms with E-state index in [4.69, 9.17) is 0 Å². The quantitative estimate of drug-likeness (QED) is 0.668. The van der Waals surface area contributed by atoms with Gasteiger partial charge in [0.15, 0.2) is 0 Å². The van der Waals surface area contributed by atoms with Crippen molar-refractivity contribution in [1.29, 1.82) is 0 Å². The third kappa shape index (κ3) is 4.84. The number of hydrogen-bond donors (Lipinski definition) is 0. The first-order valence-corrected chi connectivity index (χ1v) is 7.29. The van der Waals surface area contributed by atoms with Gasteiger partial charge in [-0.3, -0.25) is 0 Å². The summed E-state index contributed by atoms with van der Waals surface area (Å²) in [5, 5.41) is 0. The fraction of sp³-hybridized carbons (Fsp3) is 0.0526. The molecular weight excluding hydrogens is 260 g/mol. The van der Waals surface area contributed by atoms with E-state index in [0.717, 1.165) is 5.56 Å². The Morgan fingerprint density at radius 2 is 1.15 bits per heavy atom. The van der Waals surface area contributed by atoms with E-state index in [2.05, 4.69) is 60.4 Å². The highest BCUT2D eigenvalue weighted by Gasteiger charge is 1.95. The second-order valence-electron chi connectivity index (χ2n) is 4.08. The lowest BCUT2D eigenvalue weighted by molar-refractivity contribution is 1.41. The summed E-state index contributed by atoms with van der Waals surface area (Å²) < 4.78 is 0. The van der Waals surface area contributed by atoms with Gasteiger partial charge in [-0.25, -0.2) is 0 Å². The topological polar surface area (TPSA) is 0 Å². The minimum absolute atomic E-state index is 1.06. The van der Waals surface area contributed by atoms with E-state index in [0.29, 0.717) is 0 Å². The van der Waals surface area contributed by atoms with Crippen LogP contribution in [0.25, 0.3) is 0 Å². The monoisotopic (exact) mass is 276 g/mol. The van der Waals surface area contributed by atoms with Gasteiger partial charge in [0, 0.05) is 15.4 Å². The standard InChI is InChI=1S/C19H16S/c1-2-10-17-13-15-19(16-14-17)20-18-11-8-6-4-3-5-7-9-12-18/h3-9,11-16H,1H3. The summed E-state index contributed by atoms with van der Waals surface area (Å²) in [6.45, 7) is 1.85. The van der Waals surface area contributed by atoms with Gasteiger partial charge in [0.2, 0.25) is 0 Å². The molecule has 2 aromatic rings. The molecule has 2 rings (SSSR count). The van der Waals surface area contributed by atoms with Crippen molar-refractivity contribution in [1.82, 2.24) is 0 Å². The first-order chi connectivity index (χ1) is 9.88.